The first-order chi connectivity index (χ1) is 18.8. The molecule has 2 amide bonds. The Kier molecular flexibility index (Phi) is 8.38. The van der Waals surface area contributed by atoms with Gasteiger partial charge >= 0.3 is 0 Å². The van der Waals surface area contributed by atoms with Crippen molar-refractivity contribution in [2.24, 2.45) is 5.92 Å². The van der Waals surface area contributed by atoms with Crippen LogP contribution in [0.2, 0.25) is 0 Å². The van der Waals surface area contributed by atoms with Crippen molar-refractivity contribution in [3.05, 3.63) is 46.6 Å². The highest BCUT2D eigenvalue weighted by Gasteiger charge is 2.29. The van der Waals surface area contributed by atoms with Gasteiger partial charge in [0.15, 0.2) is 0 Å². The van der Waals surface area contributed by atoms with Gasteiger partial charge < -0.3 is 20.0 Å². The summed E-state index contributed by atoms with van der Waals surface area (Å²) in [6.45, 7) is 3.70. The van der Waals surface area contributed by atoms with Gasteiger partial charge in [-0.3, -0.25) is 9.59 Å². The molecule has 8 heteroatoms. The van der Waals surface area contributed by atoms with Crippen LogP contribution in [0.15, 0.2) is 24.3 Å². The third kappa shape index (κ3) is 6.36. The summed E-state index contributed by atoms with van der Waals surface area (Å²) >= 11 is 0. The van der Waals surface area contributed by atoms with Crippen molar-refractivity contribution in [3.8, 4) is 0 Å². The fourth-order valence-electron chi connectivity index (χ4n) is 6.54. The molecule has 1 atom stereocenters. The van der Waals surface area contributed by atoms with Crippen LogP contribution in [0, 0.1) is 12.8 Å². The molecule has 2 aromatic rings. The number of anilines is 2. The molecule has 1 aromatic carbocycles. The summed E-state index contributed by atoms with van der Waals surface area (Å²) in [6.07, 6.45) is 10.4. The summed E-state index contributed by atoms with van der Waals surface area (Å²) in [5.74, 6) is 2.60. The van der Waals surface area contributed by atoms with Gasteiger partial charge in [-0.25, -0.2) is 4.98 Å². The van der Waals surface area contributed by atoms with Gasteiger partial charge in [0, 0.05) is 64.0 Å². The predicted octanol–water partition coefficient (Wildman–Crippen LogP) is 4.67. The number of carbonyl (C=O) groups excluding carboxylic acids is 2. The Morgan fingerprint density at radius 3 is 2.46 bits per heavy atom. The van der Waals surface area contributed by atoms with Crippen LogP contribution in [0.25, 0.3) is 0 Å². The van der Waals surface area contributed by atoms with E-state index < -0.39 is 0 Å². The Balaban J connectivity index is 1.18. The molecule has 210 valence electrons. The third-order valence-electron chi connectivity index (χ3n) is 8.95. The summed E-state index contributed by atoms with van der Waals surface area (Å²) in [5, 5.41) is 3.27. The smallest absolute Gasteiger partial charge is 0.253 e. The van der Waals surface area contributed by atoms with Crippen molar-refractivity contribution >= 4 is 23.6 Å². The molecule has 1 unspecified atom stereocenters. The van der Waals surface area contributed by atoms with Gasteiger partial charge in [-0.15, -0.1) is 0 Å². The molecule has 2 heterocycles. The van der Waals surface area contributed by atoms with Crippen LogP contribution in [0.5, 0.6) is 0 Å². The average molecular weight is 533 g/mol. The van der Waals surface area contributed by atoms with Crippen LogP contribution in [-0.4, -0.2) is 67.0 Å². The SMILES string of the molecule is Cc1cc(N2CCC(N(C)C(=O)c3ccc4c(c3)C(NC(=O)CCC3CCCC3)CC4)CC2)nc(N(C)C)n1. The Hall–Kier alpha value is -3.16. The van der Waals surface area contributed by atoms with Gasteiger partial charge in [0.25, 0.3) is 5.91 Å². The highest BCUT2D eigenvalue weighted by atomic mass is 16.2. The molecular formula is C31H44N6O2. The molecule has 3 aliphatic rings. The van der Waals surface area contributed by atoms with Crippen LogP contribution in [0.4, 0.5) is 11.8 Å². The van der Waals surface area contributed by atoms with E-state index >= 15 is 0 Å². The van der Waals surface area contributed by atoms with Crippen molar-refractivity contribution in [1.29, 1.82) is 0 Å². The highest BCUT2D eigenvalue weighted by molar-refractivity contribution is 5.94. The third-order valence-corrected chi connectivity index (χ3v) is 8.95. The van der Waals surface area contributed by atoms with Crippen molar-refractivity contribution in [3.63, 3.8) is 0 Å². The first kappa shape index (κ1) is 27.4. The van der Waals surface area contributed by atoms with Crippen molar-refractivity contribution in [1.82, 2.24) is 20.2 Å². The van der Waals surface area contributed by atoms with Crippen LogP contribution < -0.4 is 15.1 Å². The Morgan fingerprint density at radius 1 is 1.00 bits per heavy atom. The fraction of sp³-hybridized carbons (Fsp3) is 0.613. The number of fused-ring (bicyclic) bond motifs is 1. The summed E-state index contributed by atoms with van der Waals surface area (Å²) in [4.78, 5) is 41.6. The van der Waals surface area contributed by atoms with Crippen LogP contribution in [-0.2, 0) is 11.2 Å². The maximum atomic E-state index is 13.5. The Labute approximate surface area is 233 Å². The Bertz CT molecular complexity index is 1180. The lowest BCUT2D eigenvalue weighted by Gasteiger charge is -2.37. The number of hydrogen-bond donors (Lipinski definition) is 1. The summed E-state index contributed by atoms with van der Waals surface area (Å²) in [7, 11) is 5.84. The monoisotopic (exact) mass is 532 g/mol. The second-order valence-corrected chi connectivity index (χ2v) is 12.0. The highest BCUT2D eigenvalue weighted by Crippen LogP contribution is 2.33. The molecule has 2 aliphatic carbocycles. The number of carbonyl (C=O) groups is 2. The molecule has 8 nitrogen and oxygen atoms in total. The number of amides is 2. The van der Waals surface area contributed by atoms with Crippen molar-refractivity contribution < 1.29 is 9.59 Å². The van der Waals surface area contributed by atoms with E-state index in [0.29, 0.717) is 12.0 Å². The van der Waals surface area contributed by atoms with E-state index in [0.717, 1.165) is 74.1 Å². The number of nitrogens with one attached hydrogen (secondary N) is 1. The summed E-state index contributed by atoms with van der Waals surface area (Å²) in [5.41, 5.74) is 4.04. The minimum Gasteiger partial charge on any atom is -0.356 e. The van der Waals surface area contributed by atoms with E-state index in [4.69, 9.17) is 4.98 Å². The number of hydrogen-bond acceptors (Lipinski definition) is 6. The molecule has 5 rings (SSSR count). The van der Waals surface area contributed by atoms with E-state index in [1.807, 2.05) is 56.1 Å². The number of aromatic nitrogens is 2. The molecule has 0 spiro atoms. The molecular weight excluding hydrogens is 488 g/mol. The first-order valence-corrected chi connectivity index (χ1v) is 14.8. The molecule has 0 bridgehead atoms. The van der Waals surface area contributed by atoms with Gasteiger partial charge in [-0.2, -0.15) is 4.98 Å². The lowest BCUT2D eigenvalue weighted by molar-refractivity contribution is -0.122. The molecule has 1 aliphatic heterocycles. The van der Waals surface area contributed by atoms with Gasteiger partial charge in [0.05, 0.1) is 6.04 Å². The van der Waals surface area contributed by atoms with Gasteiger partial charge in [0.1, 0.15) is 5.82 Å². The number of piperidine rings is 1. The van der Waals surface area contributed by atoms with E-state index in [2.05, 4.69) is 21.3 Å². The largest absolute Gasteiger partial charge is 0.356 e. The number of aryl methyl sites for hydroxylation is 2. The molecule has 39 heavy (non-hydrogen) atoms. The second kappa shape index (κ2) is 11.9. The zero-order valence-electron chi connectivity index (χ0n) is 24.1. The first-order valence-electron chi connectivity index (χ1n) is 14.8. The summed E-state index contributed by atoms with van der Waals surface area (Å²) < 4.78 is 0. The lowest BCUT2D eigenvalue weighted by atomic mass is 9.99. The molecule has 1 N–H and O–H groups in total. The minimum absolute atomic E-state index is 0.0146. The van der Waals surface area contributed by atoms with Crippen LogP contribution in [0.1, 0.15) is 91.0 Å². The predicted molar refractivity (Wildman–Crippen MR) is 155 cm³/mol. The standard InChI is InChI=1S/C31H44N6O2/c1-21-19-28(34-31(32-21)35(2)3)37-17-15-25(16-18-37)36(4)30(39)24-11-10-23-12-13-27(26(23)20-24)33-29(38)14-9-22-7-5-6-8-22/h10-11,19-20,22,25,27H,5-9,12-18H2,1-4H3,(H,33,38). The number of benzene rings is 1. The zero-order chi connectivity index (χ0) is 27.5. The lowest BCUT2D eigenvalue weighted by Crippen LogP contribution is -2.46. The van der Waals surface area contributed by atoms with Crippen LogP contribution >= 0.6 is 0 Å². The van der Waals surface area contributed by atoms with Gasteiger partial charge in [-0.05, 0) is 68.2 Å². The molecule has 2 fully saturated rings. The number of nitrogens with zero attached hydrogens (tertiary/aromatic N) is 5. The minimum atomic E-state index is 0.0146. The van der Waals surface area contributed by atoms with Crippen molar-refractivity contribution in [2.75, 3.05) is 44.0 Å². The molecule has 0 radical (unpaired) electrons. The van der Waals surface area contributed by atoms with E-state index in [1.54, 1.807) is 0 Å². The number of rotatable bonds is 8. The maximum Gasteiger partial charge on any atom is 0.253 e. The normalized spacial score (nSPS) is 19.7. The quantitative estimate of drug-likeness (QED) is 0.532. The van der Waals surface area contributed by atoms with Gasteiger partial charge in [0.2, 0.25) is 11.9 Å². The second-order valence-electron chi connectivity index (χ2n) is 12.0. The van der Waals surface area contributed by atoms with Gasteiger partial charge in [-0.1, -0.05) is 31.7 Å². The fourth-order valence-corrected chi connectivity index (χ4v) is 6.54. The van der Waals surface area contributed by atoms with E-state index in [-0.39, 0.29) is 23.9 Å². The van der Waals surface area contributed by atoms with Crippen LogP contribution in [0.3, 0.4) is 0 Å². The zero-order valence-corrected chi connectivity index (χ0v) is 24.1. The Morgan fingerprint density at radius 2 is 1.74 bits per heavy atom. The van der Waals surface area contributed by atoms with Crippen molar-refractivity contribution in [2.45, 2.75) is 83.2 Å². The maximum absolute atomic E-state index is 13.5. The van der Waals surface area contributed by atoms with E-state index in [9.17, 15) is 9.59 Å². The molecule has 1 aromatic heterocycles. The molecule has 1 saturated heterocycles. The van der Waals surface area contributed by atoms with E-state index in [1.165, 1.54) is 31.2 Å². The molecule has 1 saturated carbocycles. The topological polar surface area (TPSA) is 81.7 Å². The average Bonchev–Trinajstić information content (AvgIpc) is 3.61. The summed E-state index contributed by atoms with van der Waals surface area (Å²) in [6, 6.07) is 8.32.